The highest BCUT2D eigenvalue weighted by Gasteiger charge is 2.46. The first-order valence-corrected chi connectivity index (χ1v) is 23.4. The fourth-order valence-corrected chi connectivity index (χ4v) is 5.95. The van der Waals surface area contributed by atoms with Gasteiger partial charge in [-0.05, 0) is 144 Å². The first-order chi connectivity index (χ1) is 34.1. The van der Waals surface area contributed by atoms with E-state index in [0.29, 0.717) is 33.3 Å². The molecule has 0 radical (unpaired) electrons. The number of likely N-dealkylation sites (N-methyl/N-ethyl adjacent to an activating group) is 1. The number of allylic oxidation sites excluding steroid dienone is 5. The number of Topliss-reactive ketones (excluding diaryl/α,β-unsaturated/α-hetero) is 1. The molecule has 75 heavy (non-hydrogen) atoms. The van der Waals surface area contributed by atoms with E-state index in [1.807, 2.05) is 86.6 Å². The van der Waals surface area contributed by atoms with Crippen LogP contribution in [0.2, 0.25) is 0 Å². The molecule has 0 aromatic heterocycles. The number of alkyl halides is 8. The van der Waals surface area contributed by atoms with Gasteiger partial charge in [-0.2, -0.15) is 26.3 Å². The summed E-state index contributed by atoms with van der Waals surface area (Å²) < 4.78 is 123. The second-order valence-electron chi connectivity index (χ2n) is 19.2. The summed E-state index contributed by atoms with van der Waals surface area (Å²) in [6.07, 6.45) is -13.5. The fourth-order valence-electron chi connectivity index (χ4n) is 5.95. The number of hydrogen-bond donors (Lipinski definition) is 0. The van der Waals surface area contributed by atoms with Crippen LogP contribution in [-0.2, 0) is 40.9 Å². The Labute approximate surface area is 437 Å². The summed E-state index contributed by atoms with van der Waals surface area (Å²) in [6.45, 7) is 34.4. The molecule has 3 aliphatic heterocycles. The van der Waals surface area contributed by atoms with E-state index in [9.17, 15) is 54.3 Å². The van der Waals surface area contributed by atoms with Gasteiger partial charge in [-0.15, -0.1) is 8.78 Å². The Morgan fingerprint density at radius 1 is 0.560 bits per heavy atom. The van der Waals surface area contributed by atoms with Crippen molar-refractivity contribution in [3.05, 3.63) is 138 Å². The molecule has 0 atom stereocenters. The van der Waals surface area contributed by atoms with Gasteiger partial charge in [0.1, 0.15) is 0 Å². The third kappa shape index (κ3) is 21.8. The van der Waals surface area contributed by atoms with Crippen LogP contribution in [0.1, 0.15) is 139 Å². The van der Waals surface area contributed by atoms with Crippen molar-refractivity contribution in [3.63, 3.8) is 0 Å². The molecule has 3 aromatic rings. The van der Waals surface area contributed by atoms with Crippen LogP contribution < -0.4 is 9.47 Å². The molecule has 3 heterocycles. The van der Waals surface area contributed by atoms with Crippen molar-refractivity contribution in [1.29, 1.82) is 0 Å². The van der Waals surface area contributed by atoms with Gasteiger partial charge in [0, 0.05) is 34.7 Å². The van der Waals surface area contributed by atoms with E-state index in [1.165, 1.54) is 25.3 Å². The lowest BCUT2D eigenvalue weighted by atomic mass is 9.92. The molecular weight excluding hydrogens is 995 g/mol. The Kier molecular flexibility index (Phi) is 26.7. The second kappa shape index (κ2) is 29.1. The topological polar surface area (TPSA) is 118 Å². The van der Waals surface area contributed by atoms with E-state index in [-0.39, 0.29) is 35.1 Å². The normalized spacial score (nSPS) is 14.3. The van der Waals surface area contributed by atoms with Crippen LogP contribution in [-0.4, -0.2) is 69.2 Å². The number of ketones is 1. The lowest BCUT2D eigenvalue weighted by molar-refractivity contribution is -0.287. The number of ether oxygens (including phenoxy) is 5. The van der Waals surface area contributed by atoms with E-state index >= 15 is 0 Å². The maximum atomic E-state index is 12.7. The van der Waals surface area contributed by atoms with Crippen LogP contribution >= 0.6 is 0 Å². The van der Waals surface area contributed by atoms with E-state index in [1.54, 1.807) is 53.9 Å². The number of benzene rings is 3. The monoisotopic (exact) mass is 1070 g/mol. The largest absolute Gasteiger partial charge is 0.586 e. The zero-order valence-corrected chi connectivity index (χ0v) is 47.2. The van der Waals surface area contributed by atoms with Crippen LogP contribution in [0.3, 0.4) is 0 Å². The first-order valence-electron chi connectivity index (χ1n) is 23.4. The third-order valence-corrected chi connectivity index (χ3v) is 11.6. The van der Waals surface area contributed by atoms with Crippen LogP contribution in [0.4, 0.5) is 35.1 Å². The Morgan fingerprint density at radius 2 is 0.907 bits per heavy atom. The first kappa shape index (κ1) is 68.7. The minimum Gasteiger partial charge on any atom is -0.501 e. The number of hydrogen-bond acceptors (Lipinski definition) is 9. The average Bonchev–Trinajstić information content (AvgIpc) is 3.74. The summed E-state index contributed by atoms with van der Waals surface area (Å²) in [5.41, 5.74) is 5.68. The molecule has 0 bridgehead atoms. The number of halogens is 8. The molecule has 0 saturated carbocycles. The molecule has 3 aromatic carbocycles. The quantitative estimate of drug-likeness (QED) is 0.0628. The molecule has 3 aliphatic rings. The van der Waals surface area contributed by atoms with E-state index in [4.69, 9.17) is 9.47 Å². The summed E-state index contributed by atoms with van der Waals surface area (Å²) in [5.74, 6) is 0.833. The van der Waals surface area contributed by atoms with Crippen LogP contribution in [0.15, 0.2) is 93.3 Å². The lowest BCUT2D eigenvalue weighted by Crippen LogP contribution is -2.36. The van der Waals surface area contributed by atoms with Gasteiger partial charge >= 0.3 is 24.6 Å². The second-order valence-corrected chi connectivity index (χ2v) is 19.2. The summed E-state index contributed by atoms with van der Waals surface area (Å²) in [6, 6.07) is 13.2. The minimum absolute atomic E-state index is 0.130. The summed E-state index contributed by atoms with van der Waals surface area (Å²) in [7, 11) is 4.56. The molecule has 1 saturated heterocycles. The molecule has 0 unspecified atom stereocenters. The SMILES string of the molecule is CC(C)=C(C)C(=O)c1ccc(C)cc1.CC1(C)COC1.CC1=C(C)C(=O)N(C)C1=O.COC(=O)C(C)=C(C)C.COC(C)=C(C)C.Cc1ccc(C)c(C(F)(F)F)c1C(F)(F)F.Cc1ccc(C)c2c1OC(F)(F)O2. The number of amides is 2. The van der Waals surface area contributed by atoms with Crippen LogP contribution in [0.5, 0.6) is 11.5 Å². The van der Waals surface area contributed by atoms with E-state index < -0.39 is 40.9 Å². The predicted molar refractivity (Wildman–Crippen MR) is 275 cm³/mol. The highest BCUT2D eigenvalue weighted by atomic mass is 19.4. The molecule has 418 valence electrons. The van der Waals surface area contributed by atoms with E-state index in [2.05, 4.69) is 28.1 Å². The summed E-state index contributed by atoms with van der Waals surface area (Å²) in [4.78, 5) is 45.6. The minimum atomic E-state index is -5.00. The molecule has 6 rings (SSSR count). The van der Waals surface area contributed by atoms with Gasteiger partial charge in [0.05, 0.1) is 44.3 Å². The molecule has 1 fully saturated rings. The molecule has 0 spiro atoms. The fraction of sp³-hybridized carbons (Fsp3) is 0.474. The van der Waals surface area contributed by atoms with Crippen molar-refractivity contribution in [2.75, 3.05) is 34.5 Å². The van der Waals surface area contributed by atoms with Crippen molar-refractivity contribution >= 4 is 23.6 Å². The van der Waals surface area contributed by atoms with Gasteiger partial charge in [0.2, 0.25) is 0 Å². The zero-order valence-electron chi connectivity index (χ0n) is 47.2. The lowest BCUT2D eigenvalue weighted by Gasteiger charge is -2.33. The average molecular weight is 1070 g/mol. The van der Waals surface area contributed by atoms with Gasteiger partial charge in [-0.25, -0.2) is 4.79 Å². The summed E-state index contributed by atoms with van der Waals surface area (Å²) in [5, 5.41) is 0. The number of aryl methyl sites for hydroxylation is 5. The number of nitrogens with zero attached hydrogens (tertiary/aromatic N) is 1. The number of methoxy groups -OCH3 is 2. The van der Waals surface area contributed by atoms with Crippen molar-refractivity contribution in [2.45, 2.75) is 143 Å². The van der Waals surface area contributed by atoms with E-state index in [0.717, 1.165) is 72.1 Å². The molecule has 10 nitrogen and oxygen atoms in total. The van der Waals surface area contributed by atoms with Gasteiger partial charge in [0.15, 0.2) is 17.3 Å². The van der Waals surface area contributed by atoms with Crippen molar-refractivity contribution < 1.29 is 78.0 Å². The van der Waals surface area contributed by atoms with Crippen LogP contribution in [0, 0.1) is 40.0 Å². The molecule has 0 N–H and O–H groups in total. The molecule has 18 heteroatoms. The van der Waals surface area contributed by atoms with Gasteiger partial charge in [0.25, 0.3) is 11.8 Å². The van der Waals surface area contributed by atoms with Crippen LogP contribution in [0.25, 0.3) is 0 Å². The highest BCUT2D eigenvalue weighted by molar-refractivity contribution is 6.18. The Bertz CT molecular complexity index is 2500. The van der Waals surface area contributed by atoms with Crippen molar-refractivity contribution in [1.82, 2.24) is 4.90 Å². The predicted octanol–water partition coefficient (Wildman–Crippen LogP) is 15.3. The Balaban J connectivity index is 0.000000871. The standard InChI is InChI=1S/C13H16O.C10H8F6.C9H8F2O2.C7H9NO2.C7H12O2.C6H12O.C5H10O/c1-9(2)11(4)13(14)12-7-5-10(3)6-8-12;1-5-3-4-6(2)8(10(14,15)16)7(5)9(11,12)13;1-5-3-4-6(2)8-7(5)12-9(10,11)13-8;1-4-5(2)7(10)8(3)6(4)9;1-5(2)6(3)7(8)9-4;1-5(2)6(3)7-4;1-5(2)3-6-4-5/h5-8H,1-4H3;3-4H,1-2H3;3-4H,1-2H3;1-3H3;1-4H3;1-4H3;3-4H2,1-2H3. The highest BCUT2D eigenvalue weighted by Crippen LogP contribution is 2.45. The number of fused-ring (bicyclic) bond motifs is 1. The van der Waals surface area contributed by atoms with Gasteiger partial charge < -0.3 is 23.7 Å². The Hall–Kier alpha value is -6.30. The van der Waals surface area contributed by atoms with Gasteiger partial charge in [-0.1, -0.05) is 79.1 Å². The zero-order chi connectivity index (χ0) is 58.9. The molecule has 2 amide bonds. The molecule has 0 aliphatic carbocycles. The smallest absolute Gasteiger partial charge is 0.501 e. The molecular formula is C57H75F8NO9. The maximum Gasteiger partial charge on any atom is 0.586 e. The number of carbonyl (C=O) groups excluding carboxylic acids is 4. The maximum absolute atomic E-state index is 12.7. The summed E-state index contributed by atoms with van der Waals surface area (Å²) >= 11 is 0. The number of imide groups is 1. The number of carbonyl (C=O) groups is 4. The Morgan fingerprint density at radius 3 is 1.12 bits per heavy atom. The van der Waals surface area contributed by atoms with Gasteiger partial charge in [-0.3, -0.25) is 19.3 Å². The third-order valence-electron chi connectivity index (χ3n) is 11.6. The van der Waals surface area contributed by atoms with Crippen molar-refractivity contribution in [2.24, 2.45) is 5.41 Å². The van der Waals surface area contributed by atoms with Crippen molar-refractivity contribution in [3.8, 4) is 11.5 Å². The number of esters is 1. The number of rotatable bonds is 4.